The fourth-order valence-electron chi connectivity index (χ4n) is 2.55. The number of hydrogen-bond donors (Lipinski definition) is 1. The van der Waals surface area contributed by atoms with Gasteiger partial charge in [0.25, 0.3) is 5.91 Å². The molecule has 1 aliphatic rings. The highest BCUT2D eigenvalue weighted by molar-refractivity contribution is 6.42. The van der Waals surface area contributed by atoms with Crippen LogP contribution in [0.15, 0.2) is 18.2 Å². The number of likely N-dealkylation sites (N-methyl/N-ethyl adjacent to an activating group) is 1. The molecule has 19 heavy (non-hydrogen) atoms. The van der Waals surface area contributed by atoms with E-state index in [1.807, 2.05) is 0 Å². The van der Waals surface area contributed by atoms with E-state index in [1.165, 1.54) is 0 Å². The summed E-state index contributed by atoms with van der Waals surface area (Å²) in [6.07, 6.45) is 3.55. The summed E-state index contributed by atoms with van der Waals surface area (Å²) in [5, 5.41) is 11.1. The second-order valence-electron chi connectivity index (χ2n) is 5.22. The van der Waals surface area contributed by atoms with Crippen LogP contribution in [0.25, 0.3) is 0 Å². The van der Waals surface area contributed by atoms with Crippen LogP contribution in [-0.2, 0) is 0 Å². The van der Waals surface area contributed by atoms with Gasteiger partial charge in [0.1, 0.15) is 0 Å². The molecule has 1 N–H and O–H groups in total. The largest absolute Gasteiger partial charge is 0.388 e. The van der Waals surface area contributed by atoms with Crippen molar-refractivity contribution >= 4 is 29.1 Å². The molecule has 3 nitrogen and oxygen atoms in total. The first-order chi connectivity index (χ1) is 8.91. The van der Waals surface area contributed by atoms with Gasteiger partial charge in [-0.3, -0.25) is 4.79 Å². The number of aliphatic hydroxyl groups is 1. The Balaban J connectivity index is 2.08. The minimum absolute atomic E-state index is 0.154. The molecule has 0 heterocycles. The van der Waals surface area contributed by atoms with Crippen LogP contribution in [0.3, 0.4) is 0 Å². The standard InChI is InChI=1S/C14H17Cl2NO2/c1-17(9-14(19)6-2-3-7-14)13(18)10-4-5-11(15)12(16)8-10/h4-5,8,19H,2-3,6-7,9H2,1H3. The zero-order valence-electron chi connectivity index (χ0n) is 10.8. The number of nitrogens with zero attached hydrogens (tertiary/aromatic N) is 1. The Morgan fingerprint density at radius 3 is 2.53 bits per heavy atom. The van der Waals surface area contributed by atoms with E-state index in [4.69, 9.17) is 23.2 Å². The summed E-state index contributed by atoms with van der Waals surface area (Å²) >= 11 is 11.7. The van der Waals surface area contributed by atoms with Crippen LogP contribution < -0.4 is 0 Å². The van der Waals surface area contributed by atoms with Crippen LogP contribution in [0, 0.1) is 0 Å². The van der Waals surface area contributed by atoms with Crippen LogP contribution in [-0.4, -0.2) is 35.1 Å². The quantitative estimate of drug-likeness (QED) is 0.930. The summed E-state index contributed by atoms with van der Waals surface area (Å²) in [6, 6.07) is 4.81. The van der Waals surface area contributed by atoms with E-state index in [9.17, 15) is 9.90 Å². The highest BCUT2D eigenvalue weighted by Crippen LogP contribution is 2.30. The predicted molar refractivity (Wildman–Crippen MR) is 76.8 cm³/mol. The maximum absolute atomic E-state index is 12.3. The average Bonchev–Trinajstić information content (AvgIpc) is 2.78. The van der Waals surface area contributed by atoms with Crippen molar-refractivity contribution in [3.63, 3.8) is 0 Å². The average molecular weight is 302 g/mol. The highest BCUT2D eigenvalue weighted by Gasteiger charge is 2.33. The van der Waals surface area contributed by atoms with E-state index in [2.05, 4.69) is 0 Å². The Kier molecular flexibility index (Phi) is 4.39. The zero-order chi connectivity index (χ0) is 14.0. The Morgan fingerprint density at radius 2 is 1.95 bits per heavy atom. The molecule has 0 unspecified atom stereocenters. The maximum atomic E-state index is 12.3. The van der Waals surface area contributed by atoms with Crippen molar-refractivity contribution in [2.75, 3.05) is 13.6 Å². The fraction of sp³-hybridized carbons (Fsp3) is 0.500. The van der Waals surface area contributed by atoms with Crippen molar-refractivity contribution in [2.24, 2.45) is 0 Å². The van der Waals surface area contributed by atoms with Gasteiger partial charge in [0.05, 0.1) is 15.6 Å². The lowest BCUT2D eigenvalue weighted by Crippen LogP contribution is -2.42. The number of hydrogen-bond acceptors (Lipinski definition) is 2. The van der Waals surface area contributed by atoms with Gasteiger partial charge in [0, 0.05) is 19.2 Å². The third-order valence-corrected chi connectivity index (χ3v) is 4.32. The minimum Gasteiger partial charge on any atom is -0.388 e. The molecule has 5 heteroatoms. The summed E-state index contributed by atoms with van der Waals surface area (Å²) in [5.41, 5.74) is -0.251. The summed E-state index contributed by atoms with van der Waals surface area (Å²) in [7, 11) is 1.70. The van der Waals surface area contributed by atoms with Gasteiger partial charge in [-0.2, -0.15) is 0 Å². The molecule has 2 rings (SSSR count). The van der Waals surface area contributed by atoms with Gasteiger partial charge in [-0.15, -0.1) is 0 Å². The number of halogens is 2. The normalized spacial score (nSPS) is 17.5. The number of carbonyl (C=O) groups excluding carboxylic acids is 1. The Morgan fingerprint density at radius 1 is 1.32 bits per heavy atom. The first-order valence-electron chi connectivity index (χ1n) is 6.34. The molecule has 0 radical (unpaired) electrons. The Labute approximate surface area is 123 Å². The second-order valence-corrected chi connectivity index (χ2v) is 6.04. The monoisotopic (exact) mass is 301 g/mol. The smallest absolute Gasteiger partial charge is 0.253 e. The molecule has 0 saturated heterocycles. The molecule has 0 bridgehead atoms. The fourth-order valence-corrected chi connectivity index (χ4v) is 2.85. The molecular weight excluding hydrogens is 285 g/mol. The summed E-state index contributed by atoms with van der Waals surface area (Å²) in [5.74, 6) is -0.154. The molecule has 1 aromatic carbocycles. The zero-order valence-corrected chi connectivity index (χ0v) is 12.3. The lowest BCUT2D eigenvalue weighted by molar-refractivity contribution is 0.0157. The predicted octanol–water partition coefficient (Wildman–Crippen LogP) is 3.37. The van der Waals surface area contributed by atoms with Crippen molar-refractivity contribution in [3.8, 4) is 0 Å². The summed E-state index contributed by atoms with van der Waals surface area (Å²) < 4.78 is 0. The van der Waals surface area contributed by atoms with Crippen LogP contribution in [0.1, 0.15) is 36.0 Å². The van der Waals surface area contributed by atoms with Gasteiger partial charge in [0.15, 0.2) is 0 Å². The first-order valence-corrected chi connectivity index (χ1v) is 7.10. The van der Waals surface area contributed by atoms with E-state index >= 15 is 0 Å². The number of carbonyl (C=O) groups is 1. The number of amides is 1. The van der Waals surface area contributed by atoms with Gasteiger partial charge >= 0.3 is 0 Å². The SMILES string of the molecule is CN(CC1(O)CCCC1)C(=O)c1ccc(Cl)c(Cl)c1. The van der Waals surface area contributed by atoms with Crippen LogP contribution in [0.4, 0.5) is 0 Å². The van der Waals surface area contributed by atoms with Crippen molar-refractivity contribution in [1.82, 2.24) is 4.90 Å². The molecular formula is C14H17Cl2NO2. The van der Waals surface area contributed by atoms with Crippen molar-refractivity contribution in [2.45, 2.75) is 31.3 Å². The third-order valence-electron chi connectivity index (χ3n) is 3.58. The maximum Gasteiger partial charge on any atom is 0.253 e. The molecule has 1 amide bonds. The highest BCUT2D eigenvalue weighted by atomic mass is 35.5. The van der Waals surface area contributed by atoms with Crippen molar-refractivity contribution in [3.05, 3.63) is 33.8 Å². The topological polar surface area (TPSA) is 40.5 Å². The van der Waals surface area contributed by atoms with Crippen LogP contribution >= 0.6 is 23.2 Å². The van der Waals surface area contributed by atoms with E-state index in [0.717, 1.165) is 25.7 Å². The molecule has 1 fully saturated rings. The summed E-state index contributed by atoms with van der Waals surface area (Å²) in [4.78, 5) is 13.8. The molecule has 0 aliphatic heterocycles. The van der Waals surface area contributed by atoms with Gasteiger partial charge in [-0.1, -0.05) is 36.0 Å². The van der Waals surface area contributed by atoms with Gasteiger partial charge in [0.2, 0.25) is 0 Å². The summed E-state index contributed by atoms with van der Waals surface area (Å²) in [6.45, 7) is 0.353. The second kappa shape index (κ2) is 5.70. The molecule has 1 aromatic rings. The van der Waals surface area contributed by atoms with Crippen molar-refractivity contribution < 1.29 is 9.90 Å². The minimum atomic E-state index is -0.735. The number of rotatable bonds is 3. The van der Waals surface area contributed by atoms with E-state index < -0.39 is 5.60 Å². The van der Waals surface area contributed by atoms with E-state index in [1.54, 1.807) is 30.1 Å². The molecule has 1 saturated carbocycles. The van der Waals surface area contributed by atoms with E-state index in [0.29, 0.717) is 22.2 Å². The van der Waals surface area contributed by atoms with Gasteiger partial charge < -0.3 is 10.0 Å². The number of benzene rings is 1. The van der Waals surface area contributed by atoms with E-state index in [-0.39, 0.29) is 5.91 Å². The Bertz CT molecular complexity index is 484. The van der Waals surface area contributed by atoms with Gasteiger partial charge in [-0.05, 0) is 31.0 Å². The van der Waals surface area contributed by atoms with Gasteiger partial charge in [-0.25, -0.2) is 0 Å². The molecule has 0 aromatic heterocycles. The third kappa shape index (κ3) is 3.41. The first kappa shape index (κ1) is 14.6. The molecule has 104 valence electrons. The molecule has 0 spiro atoms. The molecule has 0 atom stereocenters. The lowest BCUT2D eigenvalue weighted by Gasteiger charge is -2.28. The van der Waals surface area contributed by atoms with Crippen LogP contribution in [0.2, 0.25) is 10.0 Å². The van der Waals surface area contributed by atoms with Crippen LogP contribution in [0.5, 0.6) is 0 Å². The molecule has 1 aliphatic carbocycles. The van der Waals surface area contributed by atoms with Crippen molar-refractivity contribution in [1.29, 1.82) is 0 Å². The Hall–Kier alpha value is -0.770. The lowest BCUT2D eigenvalue weighted by atomic mass is 10.0.